The van der Waals surface area contributed by atoms with Crippen molar-refractivity contribution in [3.8, 4) is 5.75 Å². The molecule has 0 aliphatic carbocycles. The van der Waals surface area contributed by atoms with E-state index in [1.807, 2.05) is 18.2 Å². The molecule has 1 saturated heterocycles. The van der Waals surface area contributed by atoms with Crippen molar-refractivity contribution in [3.05, 3.63) is 27.7 Å². The largest absolute Gasteiger partial charge is 0.492 e. The number of morpholine rings is 1. The number of carboxylic acid groups (broad SMARTS) is 2. The van der Waals surface area contributed by atoms with Crippen molar-refractivity contribution in [3.63, 3.8) is 0 Å². The van der Waals surface area contributed by atoms with Crippen molar-refractivity contribution in [2.75, 3.05) is 26.2 Å². The number of rotatable bonds is 5. The Labute approximate surface area is 166 Å². The van der Waals surface area contributed by atoms with E-state index in [1.54, 1.807) is 0 Å². The summed E-state index contributed by atoms with van der Waals surface area (Å²) in [5.74, 6) is -2.80. The van der Waals surface area contributed by atoms with Crippen LogP contribution in [0.3, 0.4) is 0 Å². The van der Waals surface area contributed by atoms with Gasteiger partial charge in [-0.2, -0.15) is 0 Å². The Bertz CT molecular complexity index is 593. The highest BCUT2D eigenvalue weighted by Gasteiger charge is 2.21. The first-order valence-electron chi connectivity index (χ1n) is 8.11. The molecule has 9 heteroatoms. The Morgan fingerprint density at radius 3 is 2.35 bits per heavy atom. The van der Waals surface area contributed by atoms with E-state index >= 15 is 0 Å². The van der Waals surface area contributed by atoms with Gasteiger partial charge in [-0.3, -0.25) is 4.90 Å². The molecule has 1 heterocycles. The Morgan fingerprint density at radius 1 is 1.27 bits per heavy atom. The van der Waals surface area contributed by atoms with Gasteiger partial charge in [0.25, 0.3) is 0 Å². The highest BCUT2D eigenvalue weighted by Crippen LogP contribution is 2.28. The van der Waals surface area contributed by atoms with E-state index in [1.165, 1.54) is 0 Å². The van der Waals surface area contributed by atoms with Gasteiger partial charge in [-0.05, 0) is 54.4 Å². The maximum atomic E-state index is 9.10. The van der Waals surface area contributed by atoms with E-state index in [2.05, 4.69) is 34.7 Å². The third-order valence-corrected chi connectivity index (χ3v) is 4.30. The average Bonchev–Trinajstić information content (AvgIpc) is 2.52. The summed E-state index contributed by atoms with van der Waals surface area (Å²) in [7, 11) is 0. The lowest BCUT2D eigenvalue weighted by molar-refractivity contribution is -0.159. The average molecular weight is 453 g/mol. The summed E-state index contributed by atoms with van der Waals surface area (Å²) in [6.07, 6.45) is 1.66. The van der Waals surface area contributed by atoms with Gasteiger partial charge < -0.3 is 19.7 Å². The fraction of sp³-hybridized carbons (Fsp3) is 0.529. The second-order valence-corrected chi connectivity index (χ2v) is 7.19. The predicted molar refractivity (Wildman–Crippen MR) is 101 cm³/mol. The molecule has 2 unspecified atom stereocenters. The lowest BCUT2D eigenvalue weighted by atomic mass is 10.2. The molecular weight excluding hydrogens is 430 g/mol. The maximum absolute atomic E-state index is 9.10. The fourth-order valence-electron chi connectivity index (χ4n) is 2.53. The molecule has 7 nitrogen and oxygen atoms in total. The van der Waals surface area contributed by atoms with Crippen LogP contribution in [0.15, 0.2) is 22.7 Å². The van der Waals surface area contributed by atoms with E-state index < -0.39 is 11.9 Å². The molecular formula is C17H23BrClNO6. The second-order valence-electron chi connectivity index (χ2n) is 5.90. The molecule has 0 saturated carbocycles. The Hall–Kier alpha value is -1.35. The maximum Gasteiger partial charge on any atom is 0.414 e. The molecule has 0 spiro atoms. The van der Waals surface area contributed by atoms with E-state index in [4.69, 9.17) is 40.9 Å². The van der Waals surface area contributed by atoms with Gasteiger partial charge in [0.15, 0.2) is 0 Å². The summed E-state index contributed by atoms with van der Waals surface area (Å²) in [6, 6.07) is 5.58. The fourth-order valence-corrected chi connectivity index (χ4v) is 3.33. The lowest BCUT2D eigenvalue weighted by Crippen LogP contribution is -2.45. The van der Waals surface area contributed by atoms with Gasteiger partial charge in [-0.15, -0.1) is 0 Å². The van der Waals surface area contributed by atoms with Crippen molar-refractivity contribution in [1.82, 2.24) is 4.90 Å². The van der Waals surface area contributed by atoms with Gasteiger partial charge >= 0.3 is 11.9 Å². The number of halogens is 2. The third kappa shape index (κ3) is 8.84. The van der Waals surface area contributed by atoms with Crippen LogP contribution in [-0.2, 0) is 14.3 Å². The second kappa shape index (κ2) is 11.4. The topological polar surface area (TPSA) is 96.3 Å². The first kappa shape index (κ1) is 22.7. The normalized spacial score (nSPS) is 20.0. The van der Waals surface area contributed by atoms with Crippen molar-refractivity contribution < 1.29 is 29.3 Å². The van der Waals surface area contributed by atoms with Crippen LogP contribution >= 0.6 is 27.5 Å². The first-order valence-corrected chi connectivity index (χ1v) is 9.28. The minimum absolute atomic E-state index is 0.324. The van der Waals surface area contributed by atoms with Gasteiger partial charge in [-0.25, -0.2) is 9.59 Å². The molecule has 0 radical (unpaired) electrons. The van der Waals surface area contributed by atoms with Gasteiger partial charge in [0, 0.05) is 24.7 Å². The van der Waals surface area contributed by atoms with Gasteiger partial charge in [0.2, 0.25) is 0 Å². The SMILES string of the molecule is CC1CN(CCCOc2ccc(Cl)cc2Br)CC(C)O1.O=C(O)C(=O)O. The van der Waals surface area contributed by atoms with E-state index in [-0.39, 0.29) is 0 Å². The number of carbonyl (C=O) groups is 2. The molecule has 1 aromatic rings. The van der Waals surface area contributed by atoms with Crippen LogP contribution in [0, 0.1) is 0 Å². The Kier molecular flexibility index (Phi) is 9.93. The molecule has 146 valence electrons. The zero-order valence-electron chi connectivity index (χ0n) is 14.7. The van der Waals surface area contributed by atoms with Crippen LogP contribution in [0.5, 0.6) is 5.75 Å². The number of aliphatic carboxylic acids is 2. The zero-order chi connectivity index (χ0) is 19.7. The number of carboxylic acids is 2. The van der Waals surface area contributed by atoms with Crippen LogP contribution in [0.4, 0.5) is 0 Å². The highest BCUT2D eigenvalue weighted by molar-refractivity contribution is 9.10. The molecule has 1 aromatic carbocycles. The lowest BCUT2D eigenvalue weighted by Gasteiger charge is -2.35. The van der Waals surface area contributed by atoms with Gasteiger partial charge in [-0.1, -0.05) is 11.6 Å². The number of ether oxygens (including phenoxy) is 2. The Balaban J connectivity index is 0.000000487. The van der Waals surface area contributed by atoms with Gasteiger partial charge in [0.1, 0.15) is 5.75 Å². The van der Waals surface area contributed by atoms with Crippen LogP contribution in [-0.4, -0.2) is 65.5 Å². The third-order valence-electron chi connectivity index (χ3n) is 3.45. The van der Waals surface area contributed by atoms with Crippen molar-refractivity contribution in [2.24, 2.45) is 0 Å². The van der Waals surface area contributed by atoms with E-state index in [0.717, 1.165) is 36.3 Å². The van der Waals surface area contributed by atoms with Crippen molar-refractivity contribution in [1.29, 1.82) is 0 Å². The monoisotopic (exact) mass is 451 g/mol. The molecule has 0 amide bonds. The molecule has 1 aliphatic rings. The Morgan fingerprint density at radius 2 is 1.85 bits per heavy atom. The van der Waals surface area contributed by atoms with Crippen LogP contribution in [0.25, 0.3) is 0 Å². The number of benzene rings is 1. The van der Waals surface area contributed by atoms with Crippen LogP contribution in [0.1, 0.15) is 20.3 Å². The number of hydrogen-bond donors (Lipinski definition) is 2. The molecule has 0 aromatic heterocycles. The quantitative estimate of drug-likeness (QED) is 0.523. The first-order chi connectivity index (χ1) is 12.2. The van der Waals surface area contributed by atoms with Gasteiger partial charge in [0.05, 0.1) is 23.3 Å². The smallest absolute Gasteiger partial charge is 0.414 e. The minimum atomic E-state index is -1.82. The van der Waals surface area contributed by atoms with Crippen LogP contribution in [0.2, 0.25) is 5.02 Å². The summed E-state index contributed by atoms with van der Waals surface area (Å²) in [6.45, 7) is 8.03. The highest BCUT2D eigenvalue weighted by atomic mass is 79.9. The molecule has 2 N–H and O–H groups in total. The standard InChI is InChI=1S/C15H21BrClNO2.C2H2O4/c1-11-9-18(10-12(2)20-11)6-3-7-19-15-5-4-13(17)8-14(15)16;3-1(4)2(5)6/h4-5,8,11-12H,3,6-7,9-10H2,1-2H3;(H,3,4)(H,5,6). The molecule has 1 aliphatic heterocycles. The molecule has 26 heavy (non-hydrogen) atoms. The van der Waals surface area contributed by atoms with E-state index in [9.17, 15) is 0 Å². The molecule has 2 atom stereocenters. The summed E-state index contributed by atoms with van der Waals surface area (Å²) in [4.78, 5) is 20.6. The summed E-state index contributed by atoms with van der Waals surface area (Å²) in [5, 5.41) is 15.5. The molecule has 2 rings (SSSR count). The number of nitrogens with zero attached hydrogens (tertiary/aromatic N) is 1. The number of hydrogen-bond acceptors (Lipinski definition) is 5. The zero-order valence-corrected chi connectivity index (χ0v) is 17.0. The van der Waals surface area contributed by atoms with E-state index in [0.29, 0.717) is 23.8 Å². The van der Waals surface area contributed by atoms with Crippen molar-refractivity contribution >= 4 is 39.5 Å². The summed E-state index contributed by atoms with van der Waals surface area (Å²) >= 11 is 9.36. The van der Waals surface area contributed by atoms with Crippen molar-refractivity contribution in [2.45, 2.75) is 32.5 Å². The predicted octanol–water partition coefficient (Wildman–Crippen LogP) is 3.14. The summed E-state index contributed by atoms with van der Waals surface area (Å²) in [5.41, 5.74) is 0. The minimum Gasteiger partial charge on any atom is -0.492 e. The molecule has 0 bridgehead atoms. The molecule has 1 fully saturated rings. The van der Waals surface area contributed by atoms with Crippen LogP contribution < -0.4 is 4.74 Å². The summed E-state index contributed by atoms with van der Waals surface area (Å²) < 4.78 is 12.4.